The minimum Gasteiger partial charge on any atom is -0.351 e. The third kappa shape index (κ3) is 2.52. The lowest BCUT2D eigenvalue weighted by atomic mass is 10.1. The second-order valence-corrected chi connectivity index (χ2v) is 4.15. The fraction of sp³-hybridized carbons (Fsp3) is 0.364. The van der Waals surface area contributed by atoms with Gasteiger partial charge in [-0.25, -0.2) is 0 Å². The van der Waals surface area contributed by atoms with Crippen molar-refractivity contribution in [1.29, 1.82) is 0 Å². The molecule has 0 saturated heterocycles. The van der Waals surface area contributed by atoms with E-state index < -0.39 is 0 Å². The number of anilines is 1. The van der Waals surface area contributed by atoms with Crippen molar-refractivity contribution in [3.63, 3.8) is 0 Å². The Hall–Kier alpha value is -2.11. The van der Waals surface area contributed by atoms with E-state index in [-0.39, 0.29) is 11.7 Å². The Kier molecular flexibility index (Phi) is 2.95. The summed E-state index contributed by atoms with van der Waals surface area (Å²) in [5.41, 5.74) is 1.63. The first-order valence-electron chi connectivity index (χ1n) is 5.36. The molecule has 1 amide bonds. The number of aryl methyl sites for hydroxylation is 1. The Morgan fingerprint density at radius 2 is 2.24 bits per heavy atom. The Morgan fingerprint density at radius 1 is 1.47 bits per heavy atom. The third-order valence-corrected chi connectivity index (χ3v) is 2.31. The zero-order valence-corrected chi connectivity index (χ0v) is 9.94. The largest absolute Gasteiger partial charge is 0.351 e. The molecule has 0 atom stereocenters. The van der Waals surface area contributed by atoms with Gasteiger partial charge in [-0.3, -0.25) is 9.89 Å². The van der Waals surface area contributed by atoms with Crippen LogP contribution in [0, 0.1) is 6.92 Å². The van der Waals surface area contributed by atoms with Crippen molar-refractivity contribution in [2.75, 3.05) is 5.32 Å². The lowest BCUT2D eigenvalue weighted by Crippen LogP contribution is -2.11. The smallest absolute Gasteiger partial charge is 0.295 e. The predicted octanol–water partition coefficient (Wildman–Crippen LogP) is 2.08. The van der Waals surface area contributed by atoms with E-state index in [9.17, 15) is 4.79 Å². The number of rotatable bonds is 3. The highest BCUT2D eigenvalue weighted by atomic mass is 16.5. The summed E-state index contributed by atoms with van der Waals surface area (Å²) in [5.74, 6) is 0.637. The van der Waals surface area contributed by atoms with E-state index >= 15 is 0 Å². The Balaban J connectivity index is 2.07. The summed E-state index contributed by atoms with van der Waals surface area (Å²) in [5, 5.41) is 13.1. The van der Waals surface area contributed by atoms with Gasteiger partial charge in [0.25, 0.3) is 5.91 Å². The summed E-state index contributed by atoms with van der Waals surface area (Å²) in [6.45, 7) is 5.84. The minimum absolute atomic E-state index is 0.177. The number of carbonyl (C=O) groups is 1. The molecule has 2 heterocycles. The number of aromatic amines is 1. The number of nitrogens with one attached hydrogen (secondary N) is 2. The average Bonchev–Trinajstić information content (AvgIpc) is 2.86. The molecule has 2 rings (SSSR count). The van der Waals surface area contributed by atoms with Crippen LogP contribution in [-0.4, -0.2) is 21.3 Å². The molecule has 17 heavy (non-hydrogen) atoms. The average molecular weight is 234 g/mol. The Bertz CT molecular complexity index is 527. The predicted molar refractivity (Wildman–Crippen MR) is 61.9 cm³/mol. The van der Waals surface area contributed by atoms with Crippen LogP contribution >= 0.6 is 0 Å². The van der Waals surface area contributed by atoms with E-state index in [1.54, 1.807) is 19.1 Å². The number of carbonyl (C=O) groups excluding carboxylic acids is 1. The first kappa shape index (κ1) is 11.4. The van der Waals surface area contributed by atoms with Crippen LogP contribution in [0.25, 0.3) is 0 Å². The summed E-state index contributed by atoms with van der Waals surface area (Å²) in [7, 11) is 0. The van der Waals surface area contributed by atoms with E-state index in [0.29, 0.717) is 17.4 Å². The fourth-order valence-electron chi connectivity index (χ4n) is 1.34. The summed E-state index contributed by atoms with van der Waals surface area (Å²) in [6, 6.07) is 3.37. The molecule has 2 aromatic heterocycles. The van der Waals surface area contributed by atoms with Gasteiger partial charge in [0.05, 0.1) is 5.69 Å². The summed E-state index contributed by atoms with van der Waals surface area (Å²) >= 11 is 0. The van der Waals surface area contributed by atoms with Crippen molar-refractivity contribution >= 4 is 11.7 Å². The summed E-state index contributed by atoms with van der Waals surface area (Å²) in [4.78, 5) is 11.7. The van der Waals surface area contributed by atoms with Gasteiger partial charge in [0, 0.05) is 17.8 Å². The number of nitrogens with zero attached hydrogens (tertiary/aromatic N) is 2. The maximum Gasteiger partial charge on any atom is 0.295 e. The molecular formula is C11H14N4O2. The van der Waals surface area contributed by atoms with Gasteiger partial charge in [-0.1, -0.05) is 19.0 Å². The fourth-order valence-corrected chi connectivity index (χ4v) is 1.34. The van der Waals surface area contributed by atoms with Crippen LogP contribution in [-0.2, 0) is 0 Å². The van der Waals surface area contributed by atoms with Crippen molar-refractivity contribution in [2.24, 2.45) is 0 Å². The van der Waals surface area contributed by atoms with Crippen LogP contribution in [0.15, 0.2) is 16.7 Å². The van der Waals surface area contributed by atoms with Gasteiger partial charge >= 0.3 is 0 Å². The molecule has 0 aliphatic heterocycles. The van der Waals surface area contributed by atoms with Crippen molar-refractivity contribution in [3.05, 3.63) is 29.3 Å². The molecule has 0 aliphatic carbocycles. The summed E-state index contributed by atoms with van der Waals surface area (Å²) in [6.07, 6.45) is 0. The van der Waals surface area contributed by atoms with Gasteiger partial charge < -0.3 is 9.84 Å². The first-order chi connectivity index (χ1) is 8.06. The second-order valence-electron chi connectivity index (χ2n) is 4.15. The second kappa shape index (κ2) is 4.40. The highest BCUT2D eigenvalue weighted by molar-refractivity contribution is 6.01. The van der Waals surface area contributed by atoms with Crippen LogP contribution in [0.4, 0.5) is 5.82 Å². The molecule has 0 saturated carbocycles. The molecule has 2 aromatic rings. The zero-order valence-electron chi connectivity index (χ0n) is 9.94. The maximum absolute atomic E-state index is 11.7. The zero-order chi connectivity index (χ0) is 12.4. The van der Waals surface area contributed by atoms with Crippen molar-refractivity contribution < 1.29 is 9.32 Å². The van der Waals surface area contributed by atoms with Gasteiger partial charge in [-0.15, -0.1) is 0 Å². The standard InChI is InChI=1S/C11H14N4O2/c1-6(2)8-5-10(14-13-8)12-11(16)9-4-7(3)15-17-9/h4-6H,1-3H3,(H2,12,13,14,16). The molecular weight excluding hydrogens is 220 g/mol. The van der Waals surface area contributed by atoms with E-state index in [0.717, 1.165) is 5.69 Å². The summed E-state index contributed by atoms with van der Waals surface area (Å²) < 4.78 is 4.85. The quantitative estimate of drug-likeness (QED) is 0.851. The molecule has 2 N–H and O–H groups in total. The normalized spacial score (nSPS) is 10.8. The lowest BCUT2D eigenvalue weighted by Gasteiger charge is -1.97. The van der Waals surface area contributed by atoms with Crippen molar-refractivity contribution in [2.45, 2.75) is 26.7 Å². The van der Waals surface area contributed by atoms with Crippen LogP contribution in [0.1, 0.15) is 41.7 Å². The van der Waals surface area contributed by atoms with E-state index in [1.807, 2.05) is 13.8 Å². The molecule has 0 radical (unpaired) electrons. The molecule has 0 aliphatic rings. The molecule has 6 heteroatoms. The molecule has 0 aromatic carbocycles. The van der Waals surface area contributed by atoms with Gasteiger partial charge in [-0.2, -0.15) is 5.10 Å². The van der Waals surface area contributed by atoms with E-state index in [2.05, 4.69) is 20.7 Å². The van der Waals surface area contributed by atoms with Gasteiger partial charge in [0.15, 0.2) is 5.82 Å². The van der Waals surface area contributed by atoms with Gasteiger partial charge in [-0.05, 0) is 12.8 Å². The maximum atomic E-state index is 11.7. The minimum atomic E-state index is -0.354. The monoisotopic (exact) mass is 234 g/mol. The number of hydrogen-bond donors (Lipinski definition) is 2. The topological polar surface area (TPSA) is 83.8 Å². The van der Waals surface area contributed by atoms with E-state index in [4.69, 9.17) is 4.52 Å². The van der Waals surface area contributed by atoms with E-state index in [1.165, 1.54) is 0 Å². The molecule has 0 bridgehead atoms. The number of hydrogen-bond acceptors (Lipinski definition) is 4. The molecule has 6 nitrogen and oxygen atoms in total. The third-order valence-electron chi connectivity index (χ3n) is 2.31. The number of amides is 1. The van der Waals surface area contributed by atoms with Crippen molar-refractivity contribution in [3.8, 4) is 0 Å². The highest BCUT2D eigenvalue weighted by Gasteiger charge is 2.13. The SMILES string of the molecule is Cc1cc(C(=O)Nc2cc(C(C)C)[nH]n2)on1. The first-order valence-corrected chi connectivity index (χ1v) is 5.36. The molecule has 0 spiro atoms. The van der Waals surface area contributed by atoms with Gasteiger partial charge in [0.1, 0.15) is 0 Å². The van der Waals surface area contributed by atoms with Crippen LogP contribution in [0.2, 0.25) is 0 Å². The lowest BCUT2D eigenvalue weighted by molar-refractivity contribution is 0.0987. The molecule has 0 unspecified atom stereocenters. The molecule has 0 fully saturated rings. The van der Waals surface area contributed by atoms with Crippen LogP contribution in [0.5, 0.6) is 0 Å². The number of H-pyrrole nitrogens is 1. The Morgan fingerprint density at radius 3 is 2.76 bits per heavy atom. The Labute approximate surface area is 98.4 Å². The number of aromatic nitrogens is 3. The van der Waals surface area contributed by atoms with Crippen LogP contribution < -0.4 is 5.32 Å². The van der Waals surface area contributed by atoms with Crippen molar-refractivity contribution in [1.82, 2.24) is 15.4 Å². The van der Waals surface area contributed by atoms with Crippen LogP contribution in [0.3, 0.4) is 0 Å². The molecule has 90 valence electrons. The van der Waals surface area contributed by atoms with Gasteiger partial charge in [0.2, 0.25) is 5.76 Å². The highest BCUT2D eigenvalue weighted by Crippen LogP contribution is 2.15.